The second-order valence-corrected chi connectivity index (χ2v) is 7.50. The van der Waals surface area contributed by atoms with Crippen LogP contribution in [0.25, 0.3) is 0 Å². The Labute approximate surface area is 179 Å². The summed E-state index contributed by atoms with van der Waals surface area (Å²) >= 11 is 0.280. The molecule has 0 saturated heterocycles. The highest BCUT2D eigenvalue weighted by Gasteiger charge is 2.37. The molecule has 0 aliphatic heterocycles. The van der Waals surface area contributed by atoms with Crippen molar-refractivity contribution in [3.8, 4) is 0 Å². The molecule has 0 heterocycles. The largest absolute Gasteiger partial charge is 0.449 e. The van der Waals surface area contributed by atoms with Crippen molar-refractivity contribution in [2.24, 2.45) is 4.99 Å². The maximum absolute atomic E-state index is 14.1. The van der Waals surface area contributed by atoms with Gasteiger partial charge in [-0.2, -0.15) is 39.5 Å². The van der Waals surface area contributed by atoms with E-state index in [2.05, 4.69) is 4.99 Å². The van der Waals surface area contributed by atoms with Crippen LogP contribution in [0.2, 0.25) is 0 Å². The number of benzene rings is 2. The van der Waals surface area contributed by atoms with Gasteiger partial charge in [-0.15, -0.1) is 11.8 Å². The predicted octanol–water partition coefficient (Wildman–Crippen LogP) is 7.38. The molecule has 2 aromatic rings. The lowest BCUT2D eigenvalue weighted by Gasteiger charge is -2.16. The zero-order chi connectivity index (χ0) is 24.3. The third-order valence-electron chi connectivity index (χ3n) is 3.88. The molecule has 0 radical (unpaired) electrons. The van der Waals surface area contributed by atoms with Gasteiger partial charge in [0.25, 0.3) is 0 Å². The van der Waals surface area contributed by atoms with Crippen LogP contribution in [0.1, 0.15) is 16.7 Å². The van der Waals surface area contributed by atoms with Crippen LogP contribution < -0.4 is 5.32 Å². The summed E-state index contributed by atoms with van der Waals surface area (Å²) in [7, 11) is 0. The second-order valence-electron chi connectivity index (χ2n) is 6.48. The molecule has 0 amide bonds. The van der Waals surface area contributed by atoms with Crippen LogP contribution in [0.5, 0.6) is 0 Å². The molecule has 176 valence electrons. The number of nitrogens with one attached hydrogen (secondary N) is 1. The normalized spacial score (nSPS) is 13.4. The molecule has 0 aromatic heterocycles. The highest BCUT2D eigenvalue weighted by atomic mass is 32.2. The summed E-state index contributed by atoms with van der Waals surface area (Å²) < 4.78 is 129. The van der Waals surface area contributed by atoms with Crippen LogP contribution in [-0.4, -0.2) is 23.9 Å². The number of anilines is 1. The number of hydrogen-bond acceptors (Lipinski definition) is 2. The van der Waals surface area contributed by atoms with Crippen molar-refractivity contribution in [1.82, 2.24) is 0 Å². The maximum atomic E-state index is 14.1. The second kappa shape index (κ2) is 9.59. The Balaban J connectivity index is 2.27. The number of alkyl halides is 9. The molecule has 0 unspecified atom stereocenters. The summed E-state index contributed by atoms with van der Waals surface area (Å²) in [6.07, 6.45) is -14.3. The number of nitrogens with zero attached hydrogens (tertiary/aromatic N) is 1. The molecule has 13 heteroatoms. The topological polar surface area (TPSA) is 24.4 Å². The molecule has 2 rings (SSSR count). The van der Waals surface area contributed by atoms with Crippen LogP contribution >= 0.6 is 11.8 Å². The first-order chi connectivity index (χ1) is 14.6. The minimum atomic E-state index is -5.09. The molecule has 32 heavy (non-hydrogen) atoms. The van der Waals surface area contributed by atoms with Crippen molar-refractivity contribution in [2.75, 3.05) is 11.1 Å². The lowest BCUT2D eigenvalue weighted by Crippen LogP contribution is -2.31. The fourth-order valence-electron chi connectivity index (χ4n) is 2.36. The van der Waals surface area contributed by atoms with Gasteiger partial charge in [0.2, 0.25) is 5.84 Å². The molecular formula is C19H14F10N2S. The standard InChI is InChI=1S/C19H14F10N2S/c1-10-6-13(20)14(7-15(10)32-9-17(21,22)23)31-16(19(27,28)29)30-8-11-2-4-12(5-3-11)18(24,25)26/h2-7H,8-9H2,1H3,(H,30,31). The predicted molar refractivity (Wildman–Crippen MR) is 100 cm³/mol. The molecule has 0 fully saturated rings. The lowest BCUT2D eigenvalue weighted by atomic mass is 10.1. The van der Waals surface area contributed by atoms with Gasteiger partial charge in [-0.25, -0.2) is 4.39 Å². The Bertz CT molecular complexity index is 960. The highest BCUT2D eigenvalue weighted by molar-refractivity contribution is 7.99. The molecule has 2 nitrogen and oxygen atoms in total. The Hall–Kier alpha value is -2.44. The van der Waals surface area contributed by atoms with Crippen LogP contribution in [0.4, 0.5) is 49.6 Å². The van der Waals surface area contributed by atoms with E-state index < -0.39 is 53.7 Å². The molecular weight excluding hydrogens is 478 g/mol. The summed E-state index contributed by atoms with van der Waals surface area (Å²) in [6, 6.07) is 4.83. The zero-order valence-corrected chi connectivity index (χ0v) is 16.8. The summed E-state index contributed by atoms with van der Waals surface area (Å²) in [5.41, 5.74) is -1.63. The number of halogens is 10. The van der Waals surface area contributed by atoms with E-state index in [0.717, 1.165) is 24.3 Å². The summed E-state index contributed by atoms with van der Waals surface area (Å²) in [5.74, 6) is -4.13. The van der Waals surface area contributed by atoms with Crippen LogP contribution in [0.15, 0.2) is 46.3 Å². The fourth-order valence-corrected chi connectivity index (χ4v) is 3.17. The lowest BCUT2D eigenvalue weighted by molar-refractivity contribution is -0.137. The van der Waals surface area contributed by atoms with E-state index in [-0.39, 0.29) is 27.8 Å². The van der Waals surface area contributed by atoms with Crippen molar-refractivity contribution < 1.29 is 43.9 Å². The summed E-state index contributed by atoms with van der Waals surface area (Å²) in [4.78, 5) is 3.19. The van der Waals surface area contributed by atoms with Gasteiger partial charge < -0.3 is 5.32 Å². The number of amidine groups is 1. The highest BCUT2D eigenvalue weighted by Crippen LogP contribution is 2.33. The fraction of sp³-hybridized carbons (Fsp3) is 0.316. The first-order valence-electron chi connectivity index (χ1n) is 8.61. The van der Waals surface area contributed by atoms with Crippen molar-refractivity contribution >= 4 is 23.3 Å². The third-order valence-corrected chi connectivity index (χ3v) is 5.10. The van der Waals surface area contributed by atoms with E-state index in [1.807, 2.05) is 0 Å². The van der Waals surface area contributed by atoms with Crippen LogP contribution in [0.3, 0.4) is 0 Å². The Morgan fingerprint density at radius 3 is 2.03 bits per heavy atom. The van der Waals surface area contributed by atoms with Crippen LogP contribution in [-0.2, 0) is 12.7 Å². The number of hydrogen-bond donors (Lipinski definition) is 1. The van der Waals surface area contributed by atoms with E-state index in [4.69, 9.17) is 0 Å². The average molecular weight is 492 g/mol. The van der Waals surface area contributed by atoms with Gasteiger partial charge in [-0.1, -0.05) is 12.1 Å². The van der Waals surface area contributed by atoms with Crippen molar-refractivity contribution in [2.45, 2.75) is 36.9 Å². The molecule has 0 atom stereocenters. The number of thioether (sulfide) groups is 1. The van der Waals surface area contributed by atoms with Gasteiger partial charge >= 0.3 is 18.5 Å². The first kappa shape index (κ1) is 25.8. The Kier molecular flexibility index (Phi) is 7.74. The number of aliphatic imine (C=N–C) groups is 1. The molecule has 0 aliphatic carbocycles. The average Bonchev–Trinajstić information content (AvgIpc) is 2.63. The van der Waals surface area contributed by atoms with E-state index in [9.17, 15) is 43.9 Å². The van der Waals surface area contributed by atoms with E-state index in [1.54, 1.807) is 5.32 Å². The van der Waals surface area contributed by atoms with Gasteiger partial charge in [0.1, 0.15) is 5.82 Å². The Morgan fingerprint density at radius 2 is 1.53 bits per heavy atom. The molecule has 2 aromatic carbocycles. The zero-order valence-electron chi connectivity index (χ0n) is 16.0. The summed E-state index contributed by atoms with van der Waals surface area (Å²) in [5, 5.41) is 1.73. The number of rotatable bonds is 5. The van der Waals surface area contributed by atoms with Gasteiger partial charge in [0, 0.05) is 4.90 Å². The molecule has 0 saturated carbocycles. The van der Waals surface area contributed by atoms with E-state index in [1.165, 1.54) is 6.92 Å². The molecule has 0 bridgehead atoms. The molecule has 0 aliphatic rings. The SMILES string of the molecule is Cc1cc(F)c(NC(=NCc2ccc(C(F)(F)F)cc2)C(F)(F)F)cc1SCC(F)(F)F. The maximum Gasteiger partial charge on any atom is 0.449 e. The number of aryl methyl sites for hydroxylation is 1. The molecule has 0 spiro atoms. The van der Waals surface area contributed by atoms with E-state index >= 15 is 0 Å². The van der Waals surface area contributed by atoms with Gasteiger partial charge in [0.05, 0.1) is 23.5 Å². The van der Waals surface area contributed by atoms with Crippen molar-refractivity contribution in [3.05, 3.63) is 58.9 Å². The smallest absolute Gasteiger partial charge is 0.334 e. The van der Waals surface area contributed by atoms with Crippen molar-refractivity contribution in [3.63, 3.8) is 0 Å². The van der Waals surface area contributed by atoms with Gasteiger partial charge in [-0.3, -0.25) is 4.99 Å². The molecule has 1 N–H and O–H groups in total. The minimum Gasteiger partial charge on any atom is -0.334 e. The van der Waals surface area contributed by atoms with Gasteiger partial charge in [-0.05, 0) is 42.3 Å². The van der Waals surface area contributed by atoms with Crippen molar-refractivity contribution in [1.29, 1.82) is 0 Å². The van der Waals surface area contributed by atoms with E-state index in [0.29, 0.717) is 12.1 Å². The third kappa shape index (κ3) is 7.61. The summed E-state index contributed by atoms with van der Waals surface area (Å²) in [6.45, 7) is 0.623. The Morgan fingerprint density at radius 1 is 0.938 bits per heavy atom. The minimum absolute atomic E-state index is 0.0207. The first-order valence-corrected chi connectivity index (χ1v) is 9.59. The quantitative estimate of drug-likeness (QED) is 0.204. The monoisotopic (exact) mass is 492 g/mol. The van der Waals surface area contributed by atoms with Gasteiger partial charge in [0.15, 0.2) is 0 Å². The van der Waals surface area contributed by atoms with Crippen LogP contribution in [0, 0.1) is 12.7 Å².